The molecule has 0 aliphatic heterocycles. The standard InChI is InChI=1S/C9H12BrClN2O3S2/c1-12(2)7(14)5-13(3)18(15,16)8-4-6(11)9(10)17-8/h4H,5H2,1-3H3. The second-order valence-corrected chi connectivity index (χ2v) is 8.79. The van der Waals surface area contributed by atoms with E-state index >= 15 is 0 Å². The van der Waals surface area contributed by atoms with Crippen molar-refractivity contribution in [2.45, 2.75) is 4.21 Å². The molecule has 0 aliphatic rings. The zero-order valence-corrected chi connectivity index (χ0v) is 14.0. The molecule has 18 heavy (non-hydrogen) atoms. The van der Waals surface area contributed by atoms with Gasteiger partial charge in [-0.15, -0.1) is 11.3 Å². The van der Waals surface area contributed by atoms with Gasteiger partial charge in [0.2, 0.25) is 5.91 Å². The van der Waals surface area contributed by atoms with E-state index in [2.05, 4.69) is 15.9 Å². The van der Waals surface area contributed by atoms with Gasteiger partial charge in [-0.2, -0.15) is 4.31 Å². The third-order valence-corrected chi connectivity index (χ3v) is 6.87. The summed E-state index contributed by atoms with van der Waals surface area (Å²) in [5.41, 5.74) is 0. The zero-order valence-electron chi connectivity index (χ0n) is 9.98. The van der Waals surface area contributed by atoms with Crippen molar-refractivity contribution in [3.05, 3.63) is 14.9 Å². The highest BCUT2D eigenvalue weighted by Crippen LogP contribution is 2.35. The van der Waals surface area contributed by atoms with Crippen LogP contribution in [-0.4, -0.2) is 51.2 Å². The molecule has 1 aromatic heterocycles. The van der Waals surface area contributed by atoms with E-state index < -0.39 is 10.0 Å². The molecule has 0 radical (unpaired) electrons. The maximum absolute atomic E-state index is 12.1. The van der Waals surface area contributed by atoms with Gasteiger partial charge in [-0.05, 0) is 22.0 Å². The Labute approximate surface area is 124 Å². The molecule has 5 nitrogen and oxygen atoms in total. The van der Waals surface area contributed by atoms with Crippen LogP contribution in [0.3, 0.4) is 0 Å². The van der Waals surface area contributed by atoms with Gasteiger partial charge in [0, 0.05) is 21.1 Å². The Hall–Kier alpha value is -0.150. The molecule has 0 spiro atoms. The normalized spacial score (nSPS) is 11.9. The van der Waals surface area contributed by atoms with Gasteiger partial charge in [0.15, 0.2) is 0 Å². The Morgan fingerprint density at radius 2 is 2.00 bits per heavy atom. The molecule has 102 valence electrons. The Kier molecular flexibility index (Phi) is 5.19. The number of hydrogen-bond donors (Lipinski definition) is 0. The van der Waals surface area contributed by atoms with E-state index in [1.165, 1.54) is 18.0 Å². The molecule has 0 aliphatic carbocycles. The Balaban J connectivity index is 2.97. The number of likely N-dealkylation sites (N-methyl/N-ethyl adjacent to an activating group) is 2. The van der Waals surface area contributed by atoms with Gasteiger partial charge in [-0.25, -0.2) is 8.42 Å². The van der Waals surface area contributed by atoms with Crippen molar-refractivity contribution in [1.82, 2.24) is 9.21 Å². The number of hydrogen-bond acceptors (Lipinski definition) is 4. The number of rotatable bonds is 4. The van der Waals surface area contributed by atoms with Gasteiger partial charge in [0.1, 0.15) is 4.21 Å². The first-order valence-corrected chi connectivity index (χ1v) is 8.20. The summed E-state index contributed by atoms with van der Waals surface area (Å²) in [6.45, 7) is -0.206. The first-order valence-electron chi connectivity index (χ1n) is 4.77. The van der Waals surface area contributed by atoms with Gasteiger partial charge in [0.25, 0.3) is 10.0 Å². The predicted octanol–water partition coefficient (Wildman–Crippen LogP) is 1.87. The highest BCUT2D eigenvalue weighted by molar-refractivity contribution is 9.11. The fourth-order valence-corrected chi connectivity index (χ4v) is 4.75. The van der Waals surface area contributed by atoms with E-state index in [9.17, 15) is 13.2 Å². The zero-order chi connectivity index (χ0) is 14.1. The Morgan fingerprint density at radius 3 is 2.39 bits per heavy atom. The van der Waals surface area contributed by atoms with Gasteiger partial charge in [-0.3, -0.25) is 4.79 Å². The number of carbonyl (C=O) groups is 1. The number of halogens is 2. The van der Waals surface area contributed by atoms with Crippen LogP contribution in [0, 0.1) is 0 Å². The lowest BCUT2D eigenvalue weighted by Crippen LogP contribution is -2.37. The Bertz CT molecular complexity index is 537. The van der Waals surface area contributed by atoms with Crippen LogP contribution in [0.15, 0.2) is 14.1 Å². The average Bonchev–Trinajstić information content (AvgIpc) is 2.59. The van der Waals surface area contributed by atoms with E-state index in [0.29, 0.717) is 8.81 Å². The molecule has 0 N–H and O–H groups in total. The molecule has 0 bridgehead atoms. The second-order valence-electron chi connectivity index (χ2n) is 3.74. The largest absolute Gasteiger partial charge is 0.348 e. The molecule has 1 rings (SSSR count). The smallest absolute Gasteiger partial charge is 0.252 e. The lowest BCUT2D eigenvalue weighted by atomic mass is 10.5. The summed E-state index contributed by atoms with van der Waals surface area (Å²) in [6, 6.07) is 1.36. The molecular formula is C9H12BrClN2O3S2. The molecule has 0 aromatic carbocycles. The summed E-state index contributed by atoms with van der Waals surface area (Å²) in [5.74, 6) is -0.289. The minimum atomic E-state index is -3.68. The van der Waals surface area contributed by atoms with Crippen molar-refractivity contribution >= 4 is 54.8 Å². The third kappa shape index (κ3) is 3.45. The van der Waals surface area contributed by atoms with Crippen molar-refractivity contribution in [2.24, 2.45) is 0 Å². The van der Waals surface area contributed by atoms with E-state index in [4.69, 9.17) is 11.6 Å². The van der Waals surface area contributed by atoms with E-state index in [1.807, 2.05) is 0 Å². The van der Waals surface area contributed by atoms with Crippen LogP contribution in [0.25, 0.3) is 0 Å². The maximum atomic E-state index is 12.1. The van der Waals surface area contributed by atoms with Crippen molar-refractivity contribution in [2.75, 3.05) is 27.7 Å². The molecule has 0 saturated heterocycles. The number of carbonyl (C=O) groups excluding carboxylic acids is 1. The van der Waals surface area contributed by atoms with Gasteiger partial charge < -0.3 is 4.90 Å². The number of amides is 1. The van der Waals surface area contributed by atoms with Crippen LogP contribution in [0.4, 0.5) is 0 Å². The van der Waals surface area contributed by atoms with E-state index in [-0.39, 0.29) is 16.7 Å². The molecule has 1 aromatic rings. The summed E-state index contributed by atoms with van der Waals surface area (Å²) in [7, 11) is 0.822. The lowest BCUT2D eigenvalue weighted by molar-refractivity contribution is -0.128. The molecule has 1 amide bonds. The van der Waals surface area contributed by atoms with Crippen LogP contribution in [0.5, 0.6) is 0 Å². The van der Waals surface area contributed by atoms with E-state index in [1.54, 1.807) is 14.1 Å². The highest BCUT2D eigenvalue weighted by atomic mass is 79.9. The van der Waals surface area contributed by atoms with Crippen molar-refractivity contribution in [3.63, 3.8) is 0 Å². The first-order chi connectivity index (χ1) is 8.16. The third-order valence-electron chi connectivity index (χ3n) is 2.14. The Morgan fingerprint density at radius 1 is 1.44 bits per heavy atom. The number of sulfonamides is 1. The minimum absolute atomic E-state index is 0.105. The monoisotopic (exact) mass is 374 g/mol. The molecule has 0 atom stereocenters. The molecule has 1 heterocycles. The van der Waals surface area contributed by atoms with Crippen molar-refractivity contribution in [3.8, 4) is 0 Å². The fraction of sp³-hybridized carbons (Fsp3) is 0.444. The summed E-state index contributed by atoms with van der Waals surface area (Å²) >= 11 is 9.98. The minimum Gasteiger partial charge on any atom is -0.348 e. The summed E-state index contributed by atoms with van der Waals surface area (Å²) in [5, 5.41) is 0.339. The fourth-order valence-electron chi connectivity index (χ4n) is 1.02. The van der Waals surface area contributed by atoms with Crippen molar-refractivity contribution in [1.29, 1.82) is 0 Å². The SMILES string of the molecule is CN(C)C(=O)CN(C)S(=O)(=O)c1cc(Cl)c(Br)s1. The molecule has 0 fully saturated rings. The van der Waals surface area contributed by atoms with Crippen LogP contribution >= 0.6 is 38.9 Å². The van der Waals surface area contributed by atoms with Gasteiger partial charge in [-0.1, -0.05) is 11.6 Å². The topological polar surface area (TPSA) is 57.7 Å². The molecule has 9 heteroatoms. The summed E-state index contributed by atoms with van der Waals surface area (Å²) in [4.78, 5) is 12.8. The second kappa shape index (κ2) is 5.87. The van der Waals surface area contributed by atoms with E-state index in [0.717, 1.165) is 15.6 Å². The summed E-state index contributed by atoms with van der Waals surface area (Å²) in [6.07, 6.45) is 0. The van der Waals surface area contributed by atoms with Crippen LogP contribution in [0.1, 0.15) is 0 Å². The molecule has 0 saturated carbocycles. The predicted molar refractivity (Wildman–Crippen MR) is 75.5 cm³/mol. The van der Waals surface area contributed by atoms with Gasteiger partial charge in [0.05, 0.1) is 15.4 Å². The molecular weight excluding hydrogens is 364 g/mol. The summed E-state index contributed by atoms with van der Waals surface area (Å²) < 4.78 is 25.9. The average molecular weight is 376 g/mol. The molecule has 0 unspecified atom stereocenters. The lowest BCUT2D eigenvalue weighted by Gasteiger charge is -2.18. The van der Waals surface area contributed by atoms with Gasteiger partial charge >= 0.3 is 0 Å². The van der Waals surface area contributed by atoms with Crippen LogP contribution < -0.4 is 0 Å². The first kappa shape index (κ1) is 15.9. The van der Waals surface area contributed by atoms with Crippen molar-refractivity contribution < 1.29 is 13.2 Å². The van der Waals surface area contributed by atoms with Crippen LogP contribution in [-0.2, 0) is 14.8 Å². The number of nitrogens with zero attached hydrogens (tertiary/aromatic N) is 2. The highest BCUT2D eigenvalue weighted by Gasteiger charge is 2.26. The quantitative estimate of drug-likeness (QED) is 0.807. The maximum Gasteiger partial charge on any atom is 0.252 e. The van der Waals surface area contributed by atoms with Crippen LogP contribution in [0.2, 0.25) is 5.02 Å². The number of thiophene rings is 1.